The highest BCUT2D eigenvalue weighted by molar-refractivity contribution is 5.97. The normalized spacial score (nSPS) is 15.8. The van der Waals surface area contributed by atoms with Gasteiger partial charge in [-0.25, -0.2) is 13.6 Å². The largest absolute Gasteiger partial charge is 0.390 e. The Morgan fingerprint density at radius 3 is 2.51 bits per heavy atom. The Balaban J connectivity index is 1.79. The summed E-state index contributed by atoms with van der Waals surface area (Å²) in [6, 6.07) is 13.9. The molecule has 1 aliphatic heterocycles. The van der Waals surface area contributed by atoms with E-state index in [2.05, 4.69) is 4.85 Å². The smallest absolute Gasteiger partial charge is 0.253 e. The maximum atomic E-state index is 15.3. The highest BCUT2D eigenvalue weighted by atomic mass is 19.1. The van der Waals surface area contributed by atoms with Crippen molar-refractivity contribution in [3.05, 3.63) is 88.8 Å². The van der Waals surface area contributed by atoms with Crippen LogP contribution < -0.4 is 5.73 Å². The summed E-state index contributed by atoms with van der Waals surface area (Å²) in [6.07, 6.45) is 1.000. The Hall–Kier alpha value is -3.60. The van der Waals surface area contributed by atoms with Gasteiger partial charge < -0.3 is 15.7 Å². The van der Waals surface area contributed by atoms with Crippen molar-refractivity contribution in [3.63, 3.8) is 0 Å². The van der Waals surface area contributed by atoms with Gasteiger partial charge in [-0.3, -0.25) is 4.79 Å². The molecule has 0 aliphatic carbocycles. The molecular formula is C28H27F2N3O2. The summed E-state index contributed by atoms with van der Waals surface area (Å²) >= 11 is 0. The molecule has 0 saturated carbocycles. The summed E-state index contributed by atoms with van der Waals surface area (Å²) in [4.78, 5) is 17.9. The molecule has 3 aromatic carbocycles. The van der Waals surface area contributed by atoms with Gasteiger partial charge >= 0.3 is 0 Å². The van der Waals surface area contributed by atoms with E-state index in [1.54, 1.807) is 55.1 Å². The van der Waals surface area contributed by atoms with Crippen molar-refractivity contribution in [1.82, 2.24) is 4.90 Å². The first-order valence-corrected chi connectivity index (χ1v) is 11.4. The third-order valence-electron chi connectivity index (χ3n) is 6.10. The number of hydrogen-bond acceptors (Lipinski definition) is 3. The van der Waals surface area contributed by atoms with Gasteiger partial charge in [-0.15, -0.1) is 0 Å². The van der Waals surface area contributed by atoms with Gasteiger partial charge in [0.15, 0.2) is 0 Å². The minimum absolute atomic E-state index is 0.0497. The molecule has 1 amide bonds. The summed E-state index contributed by atoms with van der Waals surface area (Å²) in [5, 5.41) is 10.1. The van der Waals surface area contributed by atoms with E-state index in [-0.39, 0.29) is 29.6 Å². The Labute approximate surface area is 203 Å². The summed E-state index contributed by atoms with van der Waals surface area (Å²) in [6.45, 7) is 11.6. The number of carbonyl (C=O) groups excluding carboxylic acids is 1. The van der Waals surface area contributed by atoms with Gasteiger partial charge in [-0.1, -0.05) is 24.3 Å². The Morgan fingerprint density at radius 2 is 1.89 bits per heavy atom. The van der Waals surface area contributed by atoms with Crippen LogP contribution in [-0.2, 0) is 6.42 Å². The third kappa shape index (κ3) is 5.40. The number of rotatable bonds is 5. The molecule has 0 radical (unpaired) electrons. The Bertz CT molecular complexity index is 1320. The minimum atomic E-state index is -1.00. The molecule has 180 valence electrons. The van der Waals surface area contributed by atoms with E-state index in [1.807, 2.05) is 0 Å². The average molecular weight is 476 g/mol. The minimum Gasteiger partial charge on any atom is -0.390 e. The number of halogens is 2. The standard InChI is InChI=1S/C28H27F2N3O2/c1-28(2,35)15-17-7-8-21(24(29)11-17)23-14-26(32-3)25(30)13-22(23)18-5-4-6-19(12-18)27(34)33-10-9-20(31)16-33/h4-8,11-14,20,35H,9-10,15-16,31H2,1-2H3/t20-/m0/s1. The Morgan fingerprint density at radius 1 is 1.11 bits per heavy atom. The van der Waals surface area contributed by atoms with Crippen molar-refractivity contribution in [2.24, 2.45) is 5.73 Å². The molecule has 3 N–H and O–H groups in total. The number of likely N-dealkylation sites (tertiary alicyclic amines) is 1. The third-order valence-corrected chi connectivity index (χ3v) is 6.10. The molecule has 1 saturated heterocycles. The number of carbonyl (C=O) groups is 1. The van der Waals surface area contributed by atoms with Gasteiger partial charge in [-0.2, -0.15) is 0 Å². The molecule has 5 nitrogen and oxygen atoms in total. The second-order valence-electron chi connectivity index (χ2n) is 9.65. The first-order valence-electron chi connectivity index (χ1n) is 11.4. The predicted octanol–water partition coefficient (Wildman–Crippen LogP) is 5.34. The van der Waals surface area contributed by atoms with Crippen LogP contribution in [-0.4, -0.2) is 40.6 Å². The summed E-state index contributed by atoms with van der Waals surface area (Å²) in [5.41, 5.74) is 7.21. The van der Waals surface area contributed by atoms with Crippen LogP contribution in [0.1, 0.15) is 36.2 Å². The van der Waals surface area contributed by atoms with Gasteiger partial charge in [0, 0.05) is 36.7 Å². The second-order valence-corrected chi connectivity index (χ2v) is 9.65. The van der Waals surface area contributed by atoms with E-state index in [0.29, 0.717) is 40.9 Å². The number of aliphatic hydroxyl groups is 1. The fraction of sp³-hybridized carbons (Fsp3) is 0.286. The fourth-order valence-electron chi connectivity index (χ4n) is 4.47. The van der Waals surface area contributed by atoms with Crippen molar-refractivity contribution in [2.45, 2.75) is 38.3 Å². The highest BCUT2D eigenvalue weighted by Crippen LogP contribution is 2.39. The zero-order chi connectivity index (χ0) is 25.3. The first kappa shape index (κ1) is 24.5. The number of benzene rings is 3. The van der Waals surface area contributed by atoms with E-state index in [0.717, 1.165) is 6.42 Å². The van der Waals surface area contributed by atoms with E-state index in [9.17, 15) is 14.3 Å². The fourth-order valence-corrected chi connectivity index (χ4v) is 4.47. The molecule has 0 spiro atoms. The molecule has 1 aliphatic rings. The van der Waals surface area contributed by atoms with E-state index in [1.165, 1.54) is 18.2 Å². The van der Waals surface area contributed by atoms with Gasteiger partial charge in [0.25, 0.3) is 5.91 Å². The molecule has 7 heteroatoms. The van der Waals surface area contributed by atoms with Crippen LogP contribution in [0, 0.1) is 18.2 Å². The molecule has 0 unspecified atom stereocenters. The van der Waals surface area contributed by atoms with Crippen LogP contribution in [0.2, 0.25) is 0 Å². The number of amides is 1. The first-order chi connectivity index (χ1) is 16.6. The van der Waals surface area contributed by atoms with E-state index < -0.39 is 17.2 Å². The monoisotopic (exact) mass is 475 g/mol. The van der Waals surface area contributed by atoms with Crippen LogP contribution in [0.15, 0.2) is 54.6 Å². The molecule has 1 atom stereocenters. The molecule has 4 rings (SSSR count). The summed E-state index contributed by atoms with van der Waals surface area (Å²) in [5.74, 6) is -1.43. The second kappa shape index (κ2) is 9.57. The van der Waals surface area contributed by atoms with Crippen LogP contribution in [0.3, 0.4) is 0 Å². The lowest BCUT2D eigenvalue weighted by Crippen LogP contribution is -2.31. The summed E-state index contributed by atoms with van der Waals surface area (Å²) in [7, 11) is 0. The molecule has 35 heavy (non-hydrogen) atoms. The maximum absolute atomic E-state index is 15.3. The lowest BCUT2D eigenvalue weighted by molar-refractivity contribution is 0.0788. The molecule has 1 heterocycles. The molecular weight excluding hydrogens is 448 g/mol. The zero-order valence-electron chi connectivity index (χ0n) is 19.7. The lowest BCUT2D eigenvalue weighted by atomic mass is 9.91. The number of nitrogens with two attached hydrogens (primary N) is 1. The highest BCUT2D eigenvalue weighted by Gasteiger charge is 2.25. The zero-order valence-corrected chi connectivity index (χ0v) is 19.7. The van der Waals surface area contributed by atoms with Gasteiger partial charge in [0.2, 0.25) is 5.69 Å². The molecule has 1 fully saturated rings. The van der Waals surface area contributed by atoms with Crippen LogP contribution >= 0.6 is 0 Å². The van der Waals surface area contributed by atoms with Crippen molar-refractivity contribution >= 4 is 11.6 Å². The number of hydrogen-bond donors (Lipinski definition) is 2. The molecule has 3 aromatic rings. The maximum Gasteiger partial charge on any atom is 0.253 e. The molecule has 0 bridgehead atoms. The molecule has 0 aromatic heterocycles. The van der Waals surface area contributed by atoms with Gasteiger partial charge in [-0.05, 0) is 72.9 Å². The van der Waals surface area contributed by atoms with Crippen molar-refractivity contribution < 1.29 is 18.7 Å². The quantitative estimate of drug-likeness (QED) is 0.490. The van der Waals surface area contributed by atoms with Crippen molar-refractivity contribution in [3.8, 4) is 22.3 Å². The van der Waals surface area contributed by atoms with Gasteiger partial charge in [0.05, 0.1) is 12.2 Å². The van der Waals surface area contributed by atoms with Crippen LogP contribution in [0.25, 0.3) is 27.1 Å². The number of nitrogens with zero attached hydrogens (tertiary/aromatic N) is 2. The van der Waals surface area contributed by atoms with Crippen LogP contribution in [0.4, 0.5) is 14.5 Å². The lowest BCUT2D eigenvalue weighted by Gasteiger charge is -2.19. The predicted molar refractivity (Wildman–Crippen MR) is 132 cm³/mol. The Kier molecular flexibility index (Phi) is 6.70. The van der Waals surface area contributed by atoms with Crippen molar-refractivity contribution in [1.29, 1.82) is 0 Å². The van der Waals surface area contributed by atoms with Gasteiger partial charge in [0.1, 0.15) is 11.6 Å². The average Bonchev–Trinajstić information content (AvgIpc) is 3.24. The van der Waals surface area contributed by atoms with Crippen LogP contribution in [0.5, 0.6) is 0 Å². The van der Waals surface area contributed by atoms with E-state index in [4.69, 9.17) is 12.3 Å². The topological polar surface area (TPSA) is 70.9 Å². The van der Waals surface area contributed by atoms with Crippen molar-refractivity contribution in [2.75, 3.05) is 13.1 Å². The SMILES string of the molecule is [C-]#[N+]c1cc(-c2ccc(CC(C)(C)O)cc2F)c(-c2cccc(C(=O)N3CC[C@H](N)C3)c2)cc1F. The summed E-state index contributed by atoms with van der Waals surface area (Å²) < 4.78 is 30.0. The van der Waals surface area contributed by atoms with E-state index >= 15 is 4.39 Å².